The zero-order valence-electron chi connectivity index (χ0n) is 11.2. The lowest BCUT2D eigenvalue weighted by molar-refractivity contribution is -0.136. The lowest BCUT2D eigenvalue weighted by Crippen LogP contribution is -2.37. The van der Waals surface area contributed by atoms with Crippen molar-refractivity contribution in [3.8, 4) is 0 Å². The van der Waals surface area contributed by atoms with Gasteiger partial charge in [-0.25, -0.2) is 0 Å². The second kappa shape index (κ2) is 6.97. The van der Waals surface area contributed by atoms with Gasteiger partial charge in [0.15, 0.2) is 0 Å². The quantitative estimate of drug-likeness (QED) is 0.727. The highest BCUT2D eigenvalue weighted by molar-refractivity contribution is 5.78. The molecule has 0 spiro atoms. The van der Waals surface area contributed by atoms with E-state index in [1.54, 1.807) is 0 Å². The third-order valence-corrected chi connectivity index (χ3v) is 2.45. The Hall–Kier alpha value is -0.780. The Morgan fingerprint density at radius 3 is 2.22 bits per heavy atom. The number of amides is 1. The van der Waals surface area contributed by atoms with Gasteiger partial charge >= 0.3 is 6.18 Å². The monoisotopic (exact) mass is 268 g/mol. The van der Waals surface area contributed by atoms with Crippen LogP contribution in [0.3, 0.4) is 0 Å². The van der Waals surface area contributed by atoms with Crippen LogP contribution in [0.1, 0.15) is 40.0 Å². The van der Waals surface area contributed by atoms with Crippen molar-refractivity contribution in [3.05, 3.63) is 0 Å². The number of hydrogen-bond acceptors (Lipinski definition) is 2. The maximum Gasteiger partial charge on any atom is 0.389 e. The number of nitrogens with two attached hydrogens (primary N) is 1. The number of halogens is 3. The zero-order chi connectivity index (χ0) is 14.4. The van der Waals surface area contributed by atoms with E-state index in [0.717, 1.165) is 0 Å². The summed E-state index contributed by atoms with van der Waals surface area (Å²) in [5.41, 5.74) is 5.48. The highest BCUT2D eigenvalue weighted by atomic mass is 19.4. The summed E-state index contributed by atoms with van der Waals surface area (Å²) in [5, 5.41) is 2.51. The topological polar surface area (TPSA) is 55.1 Å². The first-order valence-electron chi connectivity index (χ1n) is 6.10. The average molecular weight is 268 g/mol. The first-order valence-corrected chi connectivity index (χ1v) is 6.10. The molecule has 0 rings (SSSR count). The van der Waals surface area contributed by atoms with E-state index in [0.29, 0.717) is 6.42 Å². The molecule has 108 valence electrons. The van der Waals surface area contributed by atoms with Crippen LogP contribution < -0.4 is 11.1 Å². The van der Waals surface area contributed by atoms with Crippen molar-refractivity contribution in [1.82, 2.24) is 5.32 Å². The summed E-state index contributed by atoms with van der Waals surface area (Å²) >= 11 is 0. The van der Waals surface area contributed by atoms with Crippen LogP contribution in [0.25, 0.3) is 0 Å². The Morgan fingerprint density at radius 2 is 1.83 bits per heavy atom. The Balaban J connectivity index is 3.99. The number of alkyl halides is 3. The van der Waals surface area contributed by atoms with Gasteiger partial charge < -0.3 is 11.1 Å². The predicted molar refractivity (Wildman–Crippen MR) is 64.9 cm³/mol. The maximum absolute atomic E-state index is 11.9. The van der Waals surface area contributed by atoms with Crippen LogP contribution in [0.5, 0.6) is 0 Å². The fraction of sp³-hybridized carbons (Fsp3) is 0.917. The first kappa shape index (κ1) is 17.2. The molecule has 0 aliphatic heterocycles. The van der Waals surface area contributed by atoms with Crippen molar-refractivity contribution in [1.29, 1.82) is 0 Å². The number of rotatable bonds is 6. The number of hydrogen-bond donors (Lipinski definition) is 2. The van der Waals surface area contributed by atoms with Gasteiger partial charge in [0.1, 0.15) is 0 Å². The summed E-state index contributed by atoms with van der Waals surface area (Å²) in [6.07, 6.45) is -4.51. The molecule has 0 aromatic carbocycles. The Labute approximate surface area is 106 Å². The van der Waals surface area contributed by atoms with E-state index in [9.17, 15) is 18.0 Å². The smallest absolute Gasteiger partial charge is 0.356 e. The van der Waals surface area contributed by atoms with E-state index in [2.05, 4.69) is 5.32 Å². The van der Waals surface area contributed by atoms with Gasteiger partial charge in [-0.2, -0.15) is 13.2 Å². The van der Waals surface area contributed by atoms with Crippen molar-refractivity contribution in [2.75, 3.05) is 13.1 Å². The first-order chi connectivity index (χ1) is 8.05. The van der Waals surface area contributed by atoms with E-state index in [1.165, 1.54) is 0 Å². The Bertz CT molecular complexity index is 259. The van der Waals surface area contributed by atoms with Crippen molar-refractivity contribution in [3.63, 3.8) is 0 Å². The van der Waals surface area contributed by atoms with E-state index >= 15 is 0 Å². The summed E-state index contributed by atoms with van der Waals surface area (Å²) in [5.74, 6) is -0.592. The van der Waals surface area contributed by atoms with E-state index in [4.69, 9.17) is 5.73 Å². The third-order valence-electron chi connectivity index (χ3n) is 2.45. The lowest BCUT2D eigenvalue weighted by Gasteiger charge is -2.24. The van der Waals surface area contributed by atoms with Crippen molar-refractivity contribution in [2.45, 2.75) is 46.2 Å². The summed E-state index contributed by atoms with van der Waals surface area (Å²) in [6, 6.07) is 0. The molecule has 0 radical (unpaired) electrons. The van der Waals surface area contributed by atoms with Gasteiger partial charge in [-0.3, -0.25) is 4.79 Å². The second-order valence-corrected chi connectivity index (χ2v) is 5.71. The number of carbonyl (C=O) groups excluding carboxylic acids is 1. The minimum atomic E-state index is -4.16. The van der Waals surface area contributed by atoms with Crippen LogP contribution in [0.15, 0.2) is 0 Å². The summed E-state index contributed by atoms with van der Waals surface area (Å²) in [4.78, 5) is 11.7. The molecule has 0 bridgehead atoms. The molecule has 0 aliphatic rings. The highest BCUT2D eigenvalue weighted by Gasteiger charge is 2.27. The van der Waals surface area contributed by atoms with E-state index in [-0.39, 0.29) is 36.8 Å². The molecule has 1 atom stereocenters. The second-order valence-electron chi connectivity index (χ2n) is 5.71. The molecule has 6 heteroatoms. The molecule has 0 heterocycles. The van der Waals surface area contributed by atoms with Crippen molar-refractivity contribution >= 4 is 5.91 Å². The van der Waals surface area contributed by atoms with Gasteiger partial charge in [0, 0.05) is 19.5 Å². The Morgan fingerprint density at radius 1 is 1.28 bits per heavy atom. The molecule has 3 N–H and O–H groups in total. The molecule has 0 aliphatic carbocycles. The zero-order valence-corrected chi connectivity index (χ0v) is 11.2. The predicted octanol–water partition coefficient (Wildman–Crippen LogP) is 2.46. The standard InChI is InChI=1S/C12H23F3N2O/c1-11(2,3)7-9(8-16)10(18)17-6-4-5-12(13,14)15/h9H,4-8,16H2,1-3H3,(H,17,18). The largest absolute Gasteiger partial charge is 0.389 e. The average Bonchev–Trinajstić information content (AvgIpc) is 2.18. The Kier molecular flexibility index (Phi) is 6.67. The molecule has 18 heavy (non-hydrogen) atoms. The van der Waals surface area contributed by atoms with Gasteiger partial charge in [-0.1, -0.05) is 20.8 Å². The molecule has 3 nitrogen and oxygen atoms in total. The molecule has 0 aromatic heterocycles. The SMILES string of the molecule is CC(C)(C)CC(CN)C(=O)NCCCC(F)(F)F. The molecule has 0 aromatic rings. The van der Waals surface area contributed by atoms with Gasteiger partial charge in [0.25, 0.3) is 0 Å². The van der Waals surface area contributed by atoms with Crippen LogP contribution in [0.4, 0.5) is 13.2 Å². The summed E-state index contributed by atoms with van der Waals surface area (Å²) in [7, 11) is 0. The third kappa shape index (κ3) is 9.27. The maximum atomic E-state index is 11.9. The highest BCUT2D eigenvalue weighted by Crippen LogP contribution is 2.24. The fourth-order valence-electron chi connectivity index (χ4n) is 1.67. The minimum Gasteiger partial charge on any atom is -0.356 e. The molecular weight excluding hydrogens is 245 g/mol. The molecule has 1 unspecified atom stereocenters. The van der Waals surface area contributed by atoms with Crippen LogP contribution in [0.2, 0.25) is 0 Å². The molecule has 0 saturated carbocycles. The van der Waals surface area contributed by atoms with Gasteiger partial charge in [-0.05, 0) is 18.3 Å². The lowest BCUT2D eigenvalue weighted by atomic mass is 9.84. The minimum absolute atomic E-state index is 0.0344. The van der Waals surface area contributed by atoms with Crippen LogP contribution in [0, 0.1) is 11.3 Å². The van der Waals surface area contributed by atoms with Gasteiger partial charge in [0.05, 0.1) is 5.92 Å². The van der Waals surface area contributed by atoms with Crippen LogP contribution in [-0.2, 0) is 4.79 Å². The molecule has 0 saturated heterocycles. The van der Waals surface area contributed by atoms with E-state index < -0.39 is 12.6 Å². The normalized spacial score (nSPS) is 14.4. The van der Waals surface area contributed by atoms with Crippen LogP contribution >= 0.6 is 0 Å². The van der Waals surface area contributed by atoms with Crippen LogP contribution in [-0.4, -0.2) is 25.2 Å². The van der Waals surface area contributed by atoms with E-state index in [1.807, 2.05) is 20.8 Å². The summed E-state index contributed by atoms with van der Waals surface area (Å²) < 4.78 is 35.7. The molecule has 0 fully saturated rings. The number of carbonyl (C=O) groups is 1. The van der Waals surface area contributed by atoms with Gasteiger partial charge in [-0.15, -0.1) is 0 Å². The van der Waals surface area contributed by atoms with Crippen molar-refractivity contribution in [2.24, 2.45) is 17.1 Å². The van der Waals surface area contributed by atoms with Crippen molar-refractivity contribution < 1.29 is 18.0 Å². The van der Waals surface area contributed by atoms with Gasteiger partial charge in [0.2, 0.25) is 5.91 Å². The fourth-order valence-corrected chi connectivity index (χ4v) is 1.67. The summed E-state index contributed by atoms with van der Waals surface area (Å²) in [6.45, 7) is 6.23. The molecular formula is C12H23F3N2O. The molecule has 1 amide bonds. The number of nitrogens with one attached hydrogen (secondary N) is 1.